The van der Waals surface area contributed by atoms with Gasteiger partial charge in [0.1, 0.15) is 11.6 Å². The van der Waals surface area contributed by atoms with Gasteiger partial charge in [0.05, 0.1) is 0 Å². The summed E-state index contributed by atoms with van der Waals surface area (Å²) in [6, 6.07) is 16.1. The van der Waals surface area contributed by atoms with Crippen molar-refractivity contribution in [2.45, 2.75) is 45.4 Å². The molecule has 0 saturated carbocycles. The minimum atomic E-state index is -1.03. The lowest BCUT2D eigenvalue weighted by molar-refractivity contribution is -0.144. The highest BCUT2D eigenvalue weighted by atomic mass is 16.6. The number of H-pyrrole nitrogens is 1. The standard InChI is InChI=1S/C23H27N3O4/c1-23(2,3)30-22(29)25-26(15-16-9-5-4-6-10-16)20(21(27)28)13-17-14-24-19-12-8-7-11-18(17)19/h4-12,14,20,24H,13,15H2,1-3H3,(H,25,29)(H,27,28)/t20-/m0/s1. The fourth-order valence-electron chi connectivity index (χ4n) is 3.27. The monoisotopic (exact) mass is 409 g/mol. The molecule has 0 fully saturated rings. The van der Waals surface area contributed by atoms with Gasteiger partial charge in [-0.05, 0) is 38.0 Å². The van der Waals surface area contributed by atoms with Crippen molar-refractivity contribution in [3.05, 3.63) is 71.9 Å². The van der Waals surface area contributed by atoms with Gasteiger partial charge in [0, 0.05) is 30.1 Å². The quantitative estimate of drug-likeness (QED) is 0.511. The van der Waals surface area contributed by atoms with Crippen LogP contribution in [-0.4, -0.2) is 38.8 Å². The number of fused-ring (bicyclic) bond motifs is 1. The maximum atomic E-state index is 12.4. The van der Waals surface area contributed by atoms with Crippen molar-refractivity contribution >= 4 is 23.0 Å². The highest BCUT2D eigenvalue weighted by Crippen LogP contribution is 2.21. The van der Waals surface area contributed by atoms with E-state index in [0.717, 1.165) is 22.0 Å². The van der Waals surface area contributed by atoms with E-state index >= 15 is 0 Å². The van der Waals surface area contributed by atoms with Gasteiger partial charge in [0.25, 0.3) is 0 Å². The molecule has 30 heavy (non-hydrogen) atoms. The minimum absolute atomic E-state index is 0.210. The van der Waals surface area contributed by atoms with Crippen molar-refractivity contribution in [2.75, 3.05) is 0 Å². The number of rotatable bonds is 7. The summed E-state index contributed by atoms with van der Waals surface area (Å²) in [5.74, 6) is -1.03. The first-order chi connectivity index (χ1) is 14.2. The smallest absolute Gasteiger partial charge is 0.422 e. The molecule has 0 saturated heterocycles. The van der Waals surface area contributed by atoms with Crippen molar-refractivity contribution < 1.29 is 19.4 Å². The van der Waals surface area contributed by atoms with Crippen LogP contribution in [0.1, 0.15) is 31.9 Å². The van der Waals surface area contributed by atoms with E-state index in [0.29, 0.717) is 0 Å². The summed E-state index contributed by atoms with van der Waals surface area (Å²) in [5.41, 5.74) is 4.62. The van der Waals surface area contributed by atoms with Gasteiger partial charge >= 0.3 is 12.1 Å². The second-order valence-electron chi connectivity index (χ2n) is 8.14. The van der Waals surface area contributed by atoms with E-state index in [2.05, 4.69) is 10.4 Å². The third-order valence-electron chi connectivity index (χ3n) is 4.58. The van der Waals surface area contributed by atoms with Crippen LogP contribution in [0.4, 0.5) is 4.79 Å². The third kappa shape index (κ3) is 5.61. The van der Waals surface area contributed by atoms with Crippen molar-refractivity contribution in [1.29, 1.82) is 0 Å². The number of aromatic nitrogens is 1. The first-order valence-electron chi connectivity index (χ1n) is 9.81. The van der Waals surface area contributed by atoms with E-state index in [1.807, 2.05) is 60.8 Å². The maximum Gasteiger partial charge on any atom is 0.422 e. The average molecular weight is 409 g/mol. The lowest BCUT2D eigenvalue weighted by Gasteiger charge is -2.30. The fraction of sp³-hybridized carbons (Fsp3) is 0.304. The Morgan fingerprint density at radius 1 is 1.10 bits per heavy atom. The first kappa shape index (κ1) is 21.4. The molecule has 2 aromatic carbocycles. The molecule has 1 heterocycles. The Balaban J connectivity index is 1.88. The van der Waals surface area contributed by atoms with Crippen molar-refractivity contribution in [3.8, 4) is 0 Å². The summed E-state index contributed by atoms with van der Waals surface area (Å²) in [4.78, 5) is 27.8. The predicted octanol–water partition coefficient (Wildman–Crippen LogP) is 4.11. The molecule has 1 atom stereocenters. The number of carboxylic acid groups (broad SMARTS) is 1. The molecule has 0 aliphatic carbocycles. The second kappa shape index (κ2) is 9.00. The maximum absolute atomic E-state index is 12.4. The number of aromatic amines is 1. The lowest BCUT2D eigenvalue weighted by Crippen LogP contribution is -2.53. The fourth-order valence-corrected chi connectivity index (χ4v) is 3.27. The number of carbonyl (C=O) groups excluding carboxylic acids is 1. The lowest BCUT2D eigenvalue weighted by atomic mass is 10.0. The van der Waals surface area contributed by atoms with Gasteiger partial charge in [0.15, 0.2) is 0 Å². The Hall–Kier alpha value is -3.32. The molecular weight excluding hydrogens is 382 g/mol. The zero-order valence-electron chi connectivity index (χ0n) is 17.4. The number of benzene rings is 2. The molecule has 3 aromatic rings. The number of hydrazine groups is 1. The summed E-state index contributed by atoms with van der Waals surface area (Å²) in [6.07, 6.45) is 1.33. The number of hydrogen-bond donors (Lipinski definition) is 3. The molecule has 7 heteroatoms. The Kier molecular flexibility index (Phi) is 6.42. The van der Waals surface area contributed by atoms with E-state index in [1.54, 1.807) is 20.8 Å². The van der Waals surface area contributed by atoms with Gasteiger partial charge < -0.3 is 14.8 Å². The topological polar surface area (TPSA) is 94.7 Å². The number of nitrogens with one attached hydrogen (secondary N) is 2. The molecule has 0 aliphatic rings. The SMILES string of the molecule is CC(C)(C)OC(=O)NN(Cc1ccccc1)[C@@H](Cc1c[nH]c2ccccc12)C(=O)O. The van der Waals surface area contributed by atoms with Crippen LogP contribution in [0.3, 0.4) is 0 Å². The Morgan fingerprint density at radius 3 is 2.43 bits per heavy atom. The third-order valence-corrected chi connectivity index (χ3v) is 4.58. The Bertz CT molecular complexity index is 1010. The molecule has 158 valence electrons. The van der Waals surface area contributed by atoms with Crippen molar-refractivity contribution in [1.82, 2.24) is 15.4 Å². The van der Waals surface area contributed by atoms with E-state index in [4.69, 9.17) is 4.74 Å². The van der Waals surface area contributed by atoms with Crippen LogP contribution in [0.2, 0.25) is 0 Å². The Morgan fingerprint density at radius 2 is 1.77 bits per heavy atom. The molecular formula is C23H27N3O4. The molecule has 1 amide bonds. The van der Waals surface area contributed by atoms with Gasteiger partial charge in [-0.2, -0.15) is 5.01 Å². The van der Waals surface area contributed by atoms with Gasteiger partial charge in [-0.1, -0.05) is 48.5 Å². The molecule has 7 nitrogen and oxygen atoms in total. The largest absolute Gasteiger partial charge is 0.480 e. The molecule has 0 radical (unpaired) electrons. The number of ether oxygens (including phenoxy) is 1. The first-order valence-corrected chi connectivity index (χ1v) is 9.81. The number of nitrogens with zero attached hydrogens (tertiary/aromatic N) is 1. The van der Waals surface area contributed by atoms with Crippen LogP contribution >= 0.6 is 0 Å². The normalized spacial score (nSPS) is 12.7. The summed E-state index contributed by atoms with van der Waals surface area (Å²) < 4.78 is 5.35. The van der Waals surface area contributed by atoms with Crippen LogP contribution in [0.15, 0.2) is 60.8 Å². The molecule has 0 unspecified atom stereocenters. The summed E-state index contributed by atoms with van der Waals surface area (Å²) in [5, 5.41) is 12.4. The average Bonchev–Trinajstić information content (AvgIpc) is 3.08. The summed E-state index contributed by atoms with van der Waals surface area (Å²) in [6.45, 7) is 5.50. The predicted molar refractivity (Wildman–Crippen MR) is 115 cm³/mol. The van der Waals surface area contributed by atoms with Crippen LogP contribution in [0, 0.1) is 0 Å². The molecule has 3 N–H and O–H groups in total. The molecule has 0 bridgehead atoms. The van der Waals surface area contributed by atoms with Crippen molar-refractivity contribution in [2.24, 2.45) is 0 Å². The number of carbonyl (C=O) groups is 2. The molecule has 0 aliphatic heterocycles. The number of carboxylic acids is 1. The number of amides is 1. The van der Waals surface area contributed by atoms with Gasteiger partial charge in [-0.3, -0.25) is 10.2 Å². The molecule has 1 aromatic heterocycles. The van der Waals surface area contributed by atoms with Crippen LogP contribution < -0.4 is 5.43 Å². The van der Waals surface area contributed by atoms with E-state index in [-0.39, 0.29) is 13.0 Å². The summed E-state index contributed by atoms with van der Waals surface area (Å²) in [7, 11) is 0. The number of para-hydroxylation sites is 1. The second-order valence-corrected chi connectivity index (χ2v) is 8.14. The van der Waals surface area contributed by atoms with Crippen LogP contribution in [0.5, 0.6) is 0 Å². The van der Waals surface area contributed by atoms with Crippen molar-refractivity contribution in [3.63, 3.8) is 0 Å². The zero-order chi connectivity index (χ0) is 21.7. The van der Waals surface area contributed by atoms with Gasteiger partial charge in [-0.25, -0.2) is 4.79 Å². The van der Waals surface area contributed by atoms with E-state index in [1.165, 1.54) is 5.01 Å². The number of aliphatic carboxylic acids is 1. The van der Waals surface area contributed by atoms with Gasteiger partial charge in [0.2, 0.25) is 0 Å². The number of hydrogen-bond acceptors (Lipinski definition) is 4. The highest BCUT2D eigenvalue weighted by molar-refractivity contribution is 5.84. The van der Waals surface area contributed by atoms with E-state index < -0.39 is 23.7 Å². The Labute approximate surface area is 175 Å². The summed E-state index contributed by atoms with van der Waals surface area (Å²) >= 11 is 0. The van der Waals surface area contributed by atoms with Crippen LogP contribution in [-0.2, 0) is 22.5 Å². The van der Waals surface area contributed by atoms with E-state index in [9.17, 15) is 14.7 Å². The molecule has 3 rings (SSSR count). The molecule has 0 spiro atoms. The zero-order valence-corrected chi connectivity index (χ0v) is 17.4. The highest BCUT2D eigenvalue weighted by Gasteiger charge is 2.30. The minimum Gasteiger partial charge on any atom is -0.480 e. The van der Waals surface area contributed by atoms with Gasteiger partial charge in [-0.15, -0.1) is 0 Å². The van der Waals surface area contributed by atoms with Crippen LogP contribution in [0.25, 0.3) is 10.9 Å².